The summed E-state index contributed by atoms with van der Waals surface area (Å²) in [6.45, 7) is 2.85. The Kier molecular flexibility index (Phi) is 4.33. The van der Waals surface area contributed by atoms with Crippen LogP contribution in [0.5, 0.6) is 0 Å². The van der Waals surface area contributed by atoms with Crippen molar-refractivity contribution in [3.05, 3.63) is 11.6 Å². The third-order valence-corrected chi connectivity index (χ3v) is 2.37. The van der Waals surface area contributed by atoms with E-state index in [9.17, 15) is 4.79 Å². The maximum absolute atomic E-state index is 10.5. The van der Waals surface area contributed by atoms with Gasteiger partial charge in [-0.1, -0.05) is 17.7 Å². The molecule has 1 fully saturated rings. The summed E-state index contributed by atoms with van der Waals surface area (Å²) < 4.78 is 0. The predicted octanol–water partition coefficient (Wildman–Crippen LogP) is 1.65. The Morgan fingerprint density at radius 3 is 3.08 bits per heavy atom. The molecule has 1 unspecified atom stereocenters. The van der Waals surface area contributed by atoms with Crippen LogP contribution in [0, 0.1) is 5.92 Å². The lowest BCUT2D eigenvalue weighted by atomic mass is 10.00. The Morgan fingerprint density at radius 1 is 1.58 bits per heavy atom. The van der Waals surface area contributed by atoms with Gasteiger partial charge in [0, 0.05) is 24.5 Å². The Hall–Kier alpha value is -0.340. The smallest absolute Gasteiger partial charge is 0.124 e. The number of hydrogen-bond acceptors (Lipinski definition) is 2. The minimum absolute atomic E-state index is 0.238. The molecular formula is C9H14ClNO. The average molecular weight is 188 g/mol. The van der Waals surface area contributed by atoms with E-state index in [-0.39, 0.29) is 5.92 Å². The molecule has 0 aromatic rings. The van der Waals surface area contributed by atoms with E-state index in [4.69, 9.17) is 11.6 Å². The van der Waals surface area contributed by atoms with Crippen LogP contribution in [-0.4, -0.2) is 30.8 Å². The van der Waals surface area contributed by atoms with E-state index in [0.29, 0.717) is 0 Å². The molecule has 1 aliphatic heterocycles. The van der Waals surface area contributed by atoms with Gasteiger partial charge in [0.05, 0.1) is 0 Å². The molecule has 0 saturated carbocycles. The van der Waals surface area contributed by atoms with Crippen molar-refractivity contribution in [2.45, 2.75) is 12.8 Å². The molecule has 0 aliphatic carbocycles. The number of likely N-dealkylation sites (tertiary alicyclic amines) is 1. The lowest BCUT2D eigenvalue weighted by Crippen LogP contribution is -2.35. The van der Waals surface area contributed by atoms with E-state index in [1.54, 1.807) is 0 Å². The van der Waals surface area contributed by atoms with Crippen LogP contribution in [0.2, 0.25) is 0 Å². The number of piperidine rings is 1. The number of carbonyl (C=O) groups is 1. The average Bonchev–Trinajstić information content (AvgIpc) is 2.15. The normalized spacial score (nSPS) is 26.2. The second-order valence-electron chi connectivity index (χ2n) is 3.16. The summed E-state index contributed by atoms with van der Waals surface area (Å²) in [5.74, 6) is 0.238. The van der Waals surface area contributed by atoms with Gasteiger partial charge in [-0.2, -0.15) is 0 Å². The summed E-state index contributed by atoms with van der Waals surface area (Å²) in [5.41, 5.74) is 1.53. The van der Waals surface area contributed by atoms with Crippen molar-refractivity contribution in [2.75, 3.05) is 19.6 Å². The zero-order chi connectivity index (χ0) is 8.81. The maximum Gasteiger partial charge on any atom is 0.124 e. The summed E-state index contributed by atoms with van der Waals surface area (Å²) in [7, 11) is 0. The molecule has 1 atom stereocenters. The molecule has 12 heavy (non-hydrogen) atoms. The number of hydrogen-bond donors (Lipinski definition) is 0. The molecule has 68 valence electrons. The van der Waals surface area contributed by atoms with Gasteiger partial charge < -0.3 is 4.79 Å². The molecule has 0 bridgehead atoms. The molecular weight excluding hydrogens is 174 g/mol. The van der Waals surface area contributed by atoms with Gasteiger partial charge >= 0.3 is 0 Å². The summed E-state index contributed by atoms with van der Waals surface area (Å²) in [5, 5.41) is 0. The number of nitrogens with zero attached hydrogens (tertiary/aromatic N) is 1. The van der Waals surface area contributed by atoms with Crippen LogP contribution in [0.1, 0.15) is 12.8 Å². The molecule has 0 spiro atoms. The minimum Gasteiger partial charge on any atom is -0.303 e. The highest BCUT2D eigenvalue weighted by atomic mass is 35.5. The lowest BCUT2D eigenvalue weighted by Gasteiger charge is -2.28. The van der Waals surface area contributed by atoms with E-state index < -0.39 is 0 Å². The van der Waals surface area contributed by atoms with Gasteiger partial charge in [-0.25, -0.2) is 0 Å². The van der Waals surface area contributed by atoms with Crippen LogP contribution in [0.15, 0.2) is 11.6 Å². The number of aldehydes is 1. The molecule has 0 N–H and O–H groups in total. The molecule has 3 heteroatoms. The monoisotopic (exact) mass is 187 g/mol. The number of carbonyl (C=O) groups excluding carboxylic acids is 1. The molecule has 2 nitrogen and oxygen atoms in total. The molecule has 1 saturated heterocycles. The molecule has 1 rings (SSSR count). The summed E-state index contributed by atoms with van der Waals surface area (Å²) in [6.07, 6.45) is 5.15. The third-order valence-electron chi connectivity index (χ3n) is 2.19. The summed E-state index contributed by atoms with van der Waals surface area (Å²) >= 11 is 5.41. The van der Waals surface area contributed by atoms with E-state index in [1.165, 1.54) is 5.54 Å². The van der Waals surface area contributed by atoms with Crippen molar-refractivity contribution in [3.63, 3.8) is 0 Å². The SMILES string of the molecule is O=CC1CCCN(CC=CCl)C1. The summed E-state index contributed by atoms with van der Waals surface area (Å²) in [4.78, 5) is 12.8. The standard InChI is InChI=1S/C9H14ClNO/c10-4-2-6-11-5-1-3-9(7-11)8-12/h2,4,8-9H,1,3,5-7H2. The first-order chi connectivity index (χ1) is 5.86. The highest BCUT2D eigenvalue weighted by Gasteiger charge is 2.17. The second kappa shape index (κ2) is 5.33. The number of rotatable bonds is 3. The molecule has 0 radical (unpaired) electrons. The van der Waals surface area contributed by atoms with Crippen LogP contribution in [-0.2, 0) is 4.79 Å². The van der Waals surface area contributed by atoms with Crippen molar-refractivity contribution < 1.29 is 4.79 Å². The minimum atomic E-state index is 0.238. The fourth-order valence-electron chi connectivity index (χ4n) is 1.56. The largest absolute Gasteiger partial charge is 0.303 e. The van der Waals surface area contributed by atoms with Gasteiger partial charge in [-0.05, 0) is 19.4 Å². The second-order valence-corrected chi connectivity index (χ2v) is 3.41. The van der Waals surface area contributed by atoms with E-state index in [0.717, 1.165) is 38.8 Å². The van der Waals surface area contributed by atoms with Gasteiger partial charge in [-0.15, -0.1) is 0 Å². The fourth-order valence-corrected chi connectivity index (χ4v) is 1.64. The van der Waals surface area contributed by atoms with Crippen LogP contribution in [0.3, 0.4) is 0 Å². The quantitative estimate of drug-likeness (QED) is 0.627. The molecule has 0 aromatic carbocycles. The van der Waals surface area contributed by atoms with Crippen LogP contribution < -0.4 is 0 Å². The first-order valence-corrected chi connectivity index (χ1v) is 4.73. The van der Waals surface area contributed by atoms with Gasteiger partial charge in [0.15, 0.2) is 0 Å². The third kappa shape index (κ3) is 2.95. The van der Waals surface area contributed by atoms with Gasteiger partial charge in [0.25, 0.3) is 0 Å². The Morgan fingerprint density at radius 2 is 2.42 bits per heavy atom. The highest BCUT2D eigenvalue weighted by molar-refractivity contribution is 6.25. The zero-order valence-electron chi connectivity index (χ0n) is 7.08. The van der Waals surface area contributed by atoms with Crippen LogP contribution in [0.4, 0.5) is 0 Å². The van der Waals surface area contributed by atoms with E-state index >= 15 is 0 Å². The molecule has 0 aromatic heterocycles. The number of halogens is 1. The molecule has 1 aliphatic rings. The van der Waals surface area contributed by atoms with Crippen molar-refractivity contribution in [1.82, 2.24) is 4.90 Å². The van der Waals surface area contributed by atoms with Crippen molar-refractivity contribution in [1.29, 1.82) is 0 Å². The van der Waals surface area contributed by atoms with Crippen molar-refractivity contribution >= 4 is 17.9 Å². The van der Waals surface area contributed by atoms with E-state index in [2.05, 4.69) is 4.90 Å². The molecule has 1 heterocycles. The Bertz CT molecular complexity index is 170. The highest BCUT2D eigenvalue weighted by Crippen LogP contribution is 2.13. The lowest BCUT2D eigenvalue weighted by molar-refractivity contribution is -0.112. The Labute approximate surface area is 78.2 Å². The van der Waals surface area contributed by atoms with Crippen molar-refractivity contribution in [2.24, 2.45) is 5.92 Å². The predicted molar refractivity (Wildman–Crippen MR) is 50.2 cm³/mol. The van der Waals surface area contributed by atoms with Crippen molar-refractivity contribution in [3.8, 4) is 0 Å². The Balaban J connectivity index is 2.30. The first kappa shape index (κ1) is 9.75. The van der Waals surface area contributed by atoms with E-state index in [1.807, 2.05) is 6.08 Å². The van der Waals surface area contributed by atoms with Crippen LogP contribution in [0.25, 0.3) is 0 Å². The summed E-state index contributed by atoms with van der Waals surface area (Å²) in [6, 6.07) is 0. The van der Waals surface area contributed by atoms with Gasteiger partial charge in [0.1, 0.15) is 6.29 Å². The van der Waals surface area contributed by atoms with Crippen LogP contribution >= 0.6 is 11.6 Å². The maximum atomic E-state index is 10.5. The first-order valence-electron chi connectivity index (χ1n) is 4.29. The van der Waals surface area contributed by atoms with Gasteiger partial charge in [0.2, 0.25) is 0 Å². The van der Waals surface area contributed by atoms with Gasteiger partial charge in [-0.3, -0.25) is 4.90 Å². The fraction of sp³-hybridized carbons (Fsp3) is 0.667. The topological polar surface area (TPSA) is 20.3 Å². The molecule has 0 amide bonds. The zero-order valence-corrected chi connectivity index (χ0v) is 7.83.